The van der Waals surface area contributed by atoms with E-state index < -0.39 is 0 Å². The fraction of sp³-hybridized carbons (Fsp3) is 0.600. The van der Waals surface area contributed by atoms with Gasteiger partial charge in [-0.2, -0.15) is 0 Å². The van der Waals surface area contributed by atoms with Crippen molar-refractivity contribution in [3.8, 4) is 5.75 Å². The molecule has 0 fully saturated rings. The largest absolute Gasteiger partial charge is 0.491 e. The molecule has 0 aliphatic rings. The zero-order chi connectivity index (χ0) is 15.5. The Morgan fingerprint density at radius 2 is 1.67 bits per heavy atom. The Kier molecular flexibility index (Phi) is 9.62. The lowest BCUT2D eigenvalue weighted by Crippen LogP contribution is -2.14. The maximum absolute atomic E-state index is 5.92. The van der Waals surface area contributed by atoms with Crippen LogP contribution < -0.4 is 10.5 Å². The highest BCUT2D eigenvalue weighted by Crippen LogP contribution is 2.27. The minimum atomic E-state index is -0.0665. The predicted molar refractivity (Wildman–Crippen MR) is 85.8 cm³/mol. The molecular formula is C15H24BrNO4. The van der Waals surface area contributed by atoms with Crippen LogP contribution in [0.3, 0.4) is 0 Å². The van der Waals surface area contributed by atoms with E-state index in [0.717, 1.165) is 15.8 Å². The van der Waals surface area contributed by atoms with Gasteiger partial charge in [-0.3, -0.25) is 0 Å². The normalized spacial score (nSPS) is 12.4. The smallest absolute Gasteiger partial charge is 0.125 e. The van der Waals surface area contributed by atoms with E-state index in [9.17, 15) is 0 Å². The number of nitrogens with two attached hydrogens (primary N) is 1. The van der Waals surface area contributed by atoms with Crippen molar-refractivity contribution in [2.45, 2.75) is 13.0 Å². The first-order valence-electron chi connectivity index (χ1n) is 6.97. The fourth-order valence-corrected chi connectivity index (χ4v) is 2.02. The Balaban J connectivity index is 2.19. The van der Waals surface area contributed by atoms with Gasteiger partial charge in [-0.25, -0.2) is 0 Å². The first-order valence-corrected chi connectivity index (χ1v) is 7.76. The molecule has 6 heteroatoms. The van der Waals surface area contributed by atoms with Gasteiger partial charge < -0.3 is 24.7 Å². The van der Waals surface area contributed by atoms with Crippen LogP contribution in [0.1, 0.15) is 18.5 Å². The number of benzene rings is 1. The second kappa shape index (κ2) is 11.0. The summed E-state index contributed by atoms with van der Waals surface area (Å²) >= 11 is 3.43. The van der Waals surface area contributed by atoms with E-state index in [1.807, 2.05) is 25.1 Å². The van der Waals surface area contributed by atoms with Crippen molar-refractivity contribution in [1.82, 2.24) is 0 Å². The molecule has 5 nitrogen and oxygen atoms in total. The van der Waals surface area contributed by atoms with E-state index in [0.29, 0.717) is 39.6 Å². The summed E-state index contributed by atoms with van der Waals surface area (Å²) in [5.74, 6) is 0.791. The quantitative estimate of drug-likeness (QED) is 0.613. The third-order valence-electron chi connectivity index (χ3n) is 2.76. The van der Waals surface area contributed by atoms with Crippen LogP contribution in [0.4, 0.5) is 0 Å². The zero-order valence-electron chi connectivity index (χ0n) is 12.6. The van der Waals surface area contributed by atoms with Crippen molar-refractivity contribution in [2.75, 3.05) is 46.8 Å². The number of hydrogen-bond acceptors (Lipinski definition) is 5. The Morgan fingerprint density at radius 3 is 2.29 bits per heavy atom. The highest BCUT2D eigenvalue weighted by Gasteiger charge is 2.08. The summed E-state index contributed by atoms with van der Waals surface area (Å²) in [4.78, 5) is 0. The van der Waals surface area contributed by atoms with Crippen LogP contribution in [0.25, 0.3) is 0 Å². The first-order chi connectivity index (χ1) is 10.1. The SMILES string of the molecule is COCCOCCOCCOc1cc(Br)ccc1[C@@H](C)N. The molecule has 1 rings (SSSR count). The van der Waals surface area contributed by atoms with Crippen LogP contribution in [-0.2, 0) is 14.2 Å². The van der Waals surface area contributed by atoms with Gasteiger partial charge in [-0.1, -0.05) is 22.0 Å². The van der Waals surface area contributed by atoms with Gasteiger partial charge in [-0.05, 0) is 19.1 Å². The molecule has 1 aromatic carbocycles. The van der Waals surface area contributed by atoms with Crippen LogP contribution in [0, 0.1) is 0 Å². The van der Waals surface area contributed by atoms with Crippen LogP contribution in [0.15, 0.2) is 22.7 Å². The molecule has 0 amide bonds. The van der Waals surface area contributed by atoms with Gasteiger partial charge in [-0.15, -0.1) is 0 Å². The van der Waals surface area contributed by atoms with Gasteiger partial charge in [0.2, 0.25) is 0 Å². The van der Waals surface area contributed by atoms with E-state index in [1.165, 1.54) is 0 Å². The lowest BCUT2D eigenvalue weighted by Gasteiger charge is -2.14. The molecule has 0 unspecified atom stereocenters. The highest BCUT2D eigenvalue weighted by molar-refractivity contribution is 9.10. The van der Waals surface area contributed by atoms with Crippen molar-refractivity contribution in [2.24, 2.45) is 5.73 Å². The molecule has 0 saturated heterocycles. The van der Waals surface area contributed by atoms with Gasteiger partial charge in [0, 0.05) is 23.2 Å². The number of rotatable bonds is 11. The zero-order valence-corrected chi connectivity index (χ0v) is 14.2. The standard InChI is InChI=1S/C15H24BrNO4/c1-12(17)14-4-3-13(16)11-15(14)21-10-9-20-8-7-19-6-5-18-2/h3-4,11-12H,5-10,17H2,1-2H3/t12-/m1/s1. The summed E-state index contributed by atoms with van der Waals surface area (Å²) in [7, 11) is 1.65. The number of ether oxygens (including phenoxy) is 4. The summed E-state index contributed by atoms with van der Waals surface area (Å²) in [6.45, 7) is 5.23. The van der Waals surface area contributed by atoms with Gasteiger partial charge in [0.1, 0.15) is 12.4 Å². The summed E-state index contributed by atoms with van der Waals surface area (Å²) in [6.07, 6.45) is 0. The number of hydrogen-bond donors (Lipinski definition) is 1. The molecular weight excluding hydrogens is 338 g/mol. The third-order valence-corrected chi connectivity index (χ3v) is 3.25. The van der Waals surface area contributed by atoms with Crippen LogP contribution in [-0.4, -0.2) is 46.8 Å². The molecule has 120 valence electrons. The van der Waals surface area contributed by atoms with Crippen LogP contribution in [0.5, 0.6) is 5.75 Å². The van der Waals surface area contributed by atoms with Crippen LogP contribution >= 0.6 is 15.9 Å². The molecule has 0 aromatic heterocycles. The van der Waals surface area contributed by atoms with E-state index in [-0.39, 0.29) is 6.04 Å². The van der Waals surface area contributed by atoms with Crippen molar-refractivity contribution in [1.29, 1.82) is 0 Å². The minimum absolute atomic E-state index is 0.0665. The van der Waals surface area contributed by atoms with E-state index in [4.69, 9.17) is 24.7 Å². The Labute approximate surface area is 134 Å². The molecule has 0 aliphatic carbocycles. The monoisotopic (exact) mass is 361 g/mol. The molecule has 21 heavy (non-hydrogen) atoms. The first kappa shape index (κ1) is 18.4. The van der Waals surface area contributed by atoms with E-state index >= 15 is 0 Å². The molecule has 0 aliphatic heterocycles. The Morgan fingerprint density at radius 1 is 1.05 bits per heavy atom. The summed E-state index contributed by atoms with van der Waals surface area (Å²) in [5, 5.41) is 0. The number of methoxy groups -OCH3 is 1. The molecule has 0 heterocycles. The second-order valence-corrected chi connectivity index (χ2v) is 5.45. The second-order valence-electron chi connectivity index (χ2n) is 4.54. The summed E-state index contributed by atoms with van der Waals surface area (Å²) in [5.41, 5.74) is 6.91. The lowest BCUT2D eigenvalue weighted by molar-refractivity contribution is 0.0179. The molecule has 1 atom stereocenters. The third kappa shape index (κ3) is 7.78. The fourth-order valence-electron chi connectivity index (χ4n) is 1.68. The molecule has 0 bridgehead atoms. The molecule has 2 N–H and O–H groups in total. The highest BCUT2D eigenvalue weighted by atomic mass is 79.9. The summed E-state index contributed by atoms with van der Waals surface area (Å²) in [6, 6.07) is 5.78. The minimum Gasteiger partial charge on any atom is -0.491 e. The summed E-state index contributed by atoms with van der Waals surface area (Å²) < 4.78 is 22.3. The van der Waals surface area contributed by atoms with Gasteiger partial charge in [0.25, 0.3) is 0 Å². The molecule has 0 spiro atoms. The van der Waals surface area contributed by atoms with E-state index in [1.54, 1.807) is 7.11 Å². The molecule has 1 aromatic rings. The Hall–Kier alpha value is -0.660. The lowest BCUT2D eigenvalue weighted by atomic mass is 10.1. The van der Waals surface area contributed by atoms with Crippen molar-refractivity contribution in [3.63, 3.8) is 0 Å². The topological polar surface area (TPSA) is 62.9 Å². The maximum atomic E-state index is 5.92. The number of halogens is 1. The average Bonchev–Trinajstić information content (AvgIpc) is 2.45. The molecule has 0 radical (unpaired) electrons. The van der Waals surface area contributed by atoms with Crippen molar-refractivity contribution in [3.05, 3.63) is 28.2 Å². The molecule has 0 saturated carbocycles. The van der Waals surface area contributed by atoms with Crippen molar-refractivity contribution < 1.29 is 18.9 Å². The average molecular weight is 362 g/mol. The van der Waals surface area contributed by atoms with E-state index in [2.05, 4.69) is 15.9 Å². The Bertz CT molecular complexity index is 401. The maximum Gasteiger partial charge on any atom is 0.125 e. The van der Waals surface area contributed by atoms with Crippen molar-refractivity contribution >= 4 is 15.9 Å². The van der Waals surface area contributed by atoms with Gasteiger partial charge in [0.15, 0.2) is 0 Å². The van der Waals surface area contributed by atoms with Gasteiger partial charge in [0.05, 0.1) is 33.0 Å². The van der Waals surface area contributed by atoms with Crippen LogP contribution in [0.2, 0.25) is 0 Å². The predicted octanol–water partition coefficient (Wildman–Crippen LogP) is 2.53. The van der Waals surface area contributed by atoms with Gasteiger partial charge >= 0.3 is 0 Å².